The first-order valence-electron chi connectivity index (χ1n) is 7.54. The third kappa shape index (κ3) is 3.86. The van der Waals surface area contributed by atoms with E-state index in [2.05, 4.69) is 4.74 Å². The van der Waals surface area contributed by atoms with Crippen molar-refractivity contribution < 1.29 is 18.7 Å². The summed E-state index contributed by atoms with van der Waals surface area (Å²) in [5.74, 6) is 0.118. The van der Waals surface area contributed by atoms with E-state index >= 15 is 0 Å². The van der Waals surface area contributed by atoms with Gasteiger partial charge in [-0.3, -0.25) is 9.59 Å². The molecule has 5 heteroatoms. The Balaban J connectivity index is 2.12. The van der Waals surface area contributed by atoms with Gasteiger partial charge in [-0.25, -0.2) is 0 Å². The van der Waals surface area contributed by atoms with Gasteiger partial charge in [0.2, 0.25) is 5.91 Å². The first-order valence-corrected chi connectivity index (χ1v) is 7.54. The van der Waals surface area contributed by atoms with Crippen LogP contribution in [-0.2, 0) is 14.3 Å². The summed E-state index contributed by atoms with van der Waals surface area (Å²) >= 11 is 0. The first kappa shape index (κ1) is 15.6. The summed E-state index contributed by atoms with van der Waals surface area (Å²) in [6, 6.07) is 3.75. The third-order valence-corrected chi connectivity index (χ3v) is 4.03. The van der Waals surface area contributed by atoms with Gasteiger partial charge in [-0.1, -0.05) is 19.8 Å². The van der Waals surface area contributed by atoms with E-state index in [1.807, 2.05) is 17.0 Å². The molecule has 0 saturated carbocycles. The maximum Gasteiger partial charge on any atom is 0.306 e. The van der Waals surface area contributed by atoms with Gasteiger partial charge in [0.05, 0.1) is 25.8 Å². The van der Waals surface area contributed by atoms with E-state index in [9.17, 15) is 9.59 Å². The van der Waals surface area contributed by atoms with Gasteiger partial charge >= 0.3 is 5.97 Å². The van der Waals surface area contributed by atoms with Crippen LogP contribution in [0.15, 0.2) is 22.8 Å². The van der Waals surface area contributed by atoms with Crippen molar-refractivity contribution in [2.45, 2.75) is 45.1 Å². The summed E-state index contributed by atoms with van der Waals surface area (Å²) in [4.78, 5) is 25.9. The molecule has 1 fully saturated rings. The number of esters is 1. The molecule has 0 spiro atoms. The maximum absolute atomic E-state index is 12.7. The van der Waals surface area contributed by atoms with E-state index < -0.39 is 0 Å². The van der Waals surface area contributed by atoms with E-state index in [-0.39, 0.29) is 30.3 Å². The Hall–Kier alpha value is -1.78. The van der Waals surface area contributed by atoms with Gasteiger partial charge in [-0.05, 0) is 25.0 Å². The van der Waals surface area contributed by atoms with Crippen LogP contribution in [0.2, 0.25) is 0 Å². The van der Waals surface area contributed by atoms with Crippen LogP contribution in [0.5, 0.6) is 0 Å². The van der Waals surface area contributed by atoms with E-state index in [0.717, 1.165) is 38.0 Å². The molecule has 0 radical (unpaired) electrons. The fourth-order valence-electron chi connectivity index (χ4n) is 2.85. The molecule has 1 saturated heterocycles. The number of ether oxygens (including phenoxy) is 1. The second-order valence-electron chi connectivity index (χ2n) is 5.59. The summed E-state index contributed by atoms with van der Waals surface area (Å²) in [5, 5.41) is 0. The van der Waals surface area contributed by atoms with Gasteiger partial charge < -0.3 is 14.1 Å². The van der Waals surface area contributed by atoms with Gasteiger partial charge in [0.15, 0.2) is 0 Å². The Morgan fingerprint density at radius 3 is 2.90 bits per heavy atom. The largest absolute Gasteiger partial charge is 0.469 e. The molecule has 0 aliphatic carbocycles. The van der Waals surface area contributed by atoms with Crippen LogP contribution >= 0.6 is 0 Å². The standard InChI is InChI=1S/C16H23NO4/c1-12(11-15(18)20-2)16(19)17-9-5-3-4-7-13(17)14-8-6-10-21-14/h6,8,10,12-13H,3-5,7,9,11H2,1-2H3. The Kier molecular flexibility index (Phi) is 5.42. The number of carbonyl (C=O) groups excluding carboxylic acids is 2. The average Bonchev–Trinajstić information content (AvgIpc) is 2.90. The summed E-state index contributed by atoms with van der Waals surface area (Å²) in [7, 11) is 1.34. The molecule has 1 amide bonds. The quantitative estimate of drug-likeness (QED) is 0.801. The topological polar surface area (TPSA) is 59.8 Å². The molecule has 2 heterocycles. The molecule has 2 atom stereocenters. The van der Waals surface area contributed by atoms with E-state index in [0.29, 0.717) is 0 Å². The van der Waals surface area contributed by atoms with E-state index in [1.165, 1.54) is 7.11 Å². The molecule has 2 rings (SSSR count). The molecular formula is C16H23NO4. The smallest absolute Gasteiger partial charge is 0.306 e. The van der Waals surface area contributed by atoms with Crippen molar-refractivity contribution in [3.8, 4) is 0 Å². The van der Waals surface area contributed by atoms with Crippen LogP contribution < -0.4 is 0 Å². The number of hydrogen-bond acceptors (Lipinski definition) is 4. The number of nitrogens with zero attached hydrogens (tertiary/aromatic N) is 1. The number of likely N-dealkylation sites (tertiary alicyclic amines) is 1. The van der Waals surface area contributed by atoms with Gasteiger partial charge in [0.25, 0.3) is 0 Å². The number of hydrogen-bond donors (Lipinski definition) is 0. The number of furan rings is 1. The lowest BCUT2D eigenvalue weighted by atomic mass is 10.0. The highest BCUT2D eigenvalue weighted by Gasteiger charge is 2.31. The minimum absolute atomic E-state index is 0.00343. The predicted molar refractivity (Wildman–Crippen MR) is 77.4 cm³/mol. The molecule has 1 aromatic heterocycles. The van der Waals surface area contributed by atoms with Crippen molar-refractivity contribution in [2.24, 2.45) is 5.92 Å². The maximum atomic E-state index is 12.7. The lowest BCUT2D eigenvalue weighted by molar-refractivity contribution is -0.147. The highest BCUT2D eigenvalue weighted by molar-refractivity contribution is 5.83. The van der Waals surface area contributed by atoms with Crippen LogP contribution in [0.25, 0.3) is 0 Å². The zero-order valence-corrected chi connectivity index (χ0v) is 12.7. The van der Waals surface area contributed by atoms with E-state index in [4.69, 9.17) is 4.42 Å². The Labute approximate surface area is 125 Å². The Bertz CT molecular complexity index is 469. The van der Waals surface area contributed by atoms with Crippen molar-refractivity contribution in [2.75, 3.05) is 13.7 Å². The van der Waals surface area contributed by atoms with Crippen LogP contribution in [0.1, 0.15) is 50.8 Å². The average molecular weight is 293 g/mol. The number of amides is 1. The fourth-order valence-corrected chi connectivity index (χ4v) is 2.85. The molecule has 0 aromatic carbocycles. The van der Waals surface area contributed by atoms with Crippen LogP contribution in [-0.4, -0.2) is 30.4 Å². The van der Waals surface area contributed by atoms with E-state index in [1.54, 1.807) is 13.2 Å². The van der Waals surface area contributed by atoms with Crippen molar-refractivity contribution >= 4 is 11.9 Å². The summed E-state index contributed by atoms with van der Waals surface area (Å²) < 4.78 is 10.2. The highest BCUT2D eigenvalue weighted by atomic mass is 16.5. The summed E-state index contributed by atoms with van der Waals surface area (Å²) in [6.45, 7) is 2.50. The monoisotopic (exact) mass is 293 g/mol. The lowest BCUT2D eigenvalue weighted by Gasteiger charge is -2.30. The fraction of sp³-hybridized carbons (Fsp3) is 0.625. The van der Waals surface area contributed by atoms with Crippen LogP contribution in [0.3, 0.4) is 0 Å². The molecule has 116 valence electrons. The molecule has 5 nitrogen and oxygen atoms in total. The number of carbonyl (C=O) groups is 2. The molecule has 1 aromatic rings. The second-order valence-corrected chi connectivity index (χ2v) is 5.59. The minimum Gasteiger partial charge on any atom is -0.469 e. The van der Waals surface area contributed by atoms with Crippen LogP contribution in [0.4, 0.5) is 0 Å². The van der Waals surface area contributed by atoms with Crippen molar-refractivity contribution in [1.82, 2.24) is 4.90 Å². The second kappa shape index (κ2) is 7.29. The van der Waals surface area contributed by atoms with Gasteiger partial charge in [-0.2, -0.15) is 0 Å². The molecule has 0 bridgehead atoms. The zero-order chi connectivity index (χ0) is 15.2. The first-order chi connectivity index (χ1) is 10.1. The molecule has 0 N–H and O–H groups in total. The minimum atomic E-state index is -0.368. The summed E-state index contributed by atoms with van der Waals surface area (Å²) in [5.41, 5.74) is 0. The molecule has 21 heavy (non-hydrogen) atoms. The number of methoxy groups -OCH3 is 1. The van der Waals surface area contributed by atoms with Gasteiger partial charge in [0, 0.05) is 12.5 Å². The van der Waals surface area contributed by atoms with Gasteiger partial charge in [-0.15, -0.1) is 0 Å². The zero-order valence-electron chi connectivity index (χ0n) is 12.7. The predicted octanol–water partition coefficient (Wildman–Crippen LogP) is 2.92. The Morgan fingerprint density at radius 2 is 2.24 bits per heavy atom. The molecule has 1 aliphatic rings. The highest BCUT2D eigenvalue weighted by Crippen LogP contribution is 2.31. The Morgan fingerprint density at radius 1 is 1.43 bits per heavy atom. The molecular weight excluding hydrogens is 270 g/mol. The van der Waals surface area contributed by atoms with Gasteiger partial charge in [0.1, 0.15) is 5.76 Å². The molecule has 1 aliphatic heterocycles. The lowest BCUT2D eigenvalue weighted by Crippen LogP contribution is -2.38. The SMILES string of the molecule is COC(=O)CC(C)C(=O)N1CCCCCC1c1ccco1. The normalized spacial score (nSPS) is 20.7. The third-order valence-electron chi connectivity index (χ3n) is 4.03. The van der Waals surface area contributed by atoms with Crippen molar-refractivity contribution in [1.29, 1.82) is 0 Å². The van der Waals surface area contributed by atoms with Crippen molar-refractivity contribution in [3.05, 3.63) is 24.2 Å². The van der Waals surface area contributed by atoms with Crippen LogP contribution in [0, 0.1) is 5.92 Å². The molecule has 2 unspecified atom stereocenters. The van der Waals surface area contributed by atoms with Crippen molar-refractivity contribution in [3.63, 3.8) is 0 Å². The number of rotatable bonds is 4. The summed E-state index contributed by atoms with van der Waals surface area (Å²) in [6.07, 6.45) is 5.86.